The molecular formula is C18H18ClN3O3S2. The normalized spacial score (nSPS) is 11.6. The van der Waals surface area contributed by atoms with Gasteiger partial charge in [-0.15, -0.1) is 0 Å². The summed E-state index contributed by atoms with van der Waals surface area (Å²) in [4.78, 5) is 12.1. The molecule has 0 spiro atoms. The van der Waals surface area contributed by atoms with E-state index in [1.54, 1.807) is 42.5 Å². The number of sulfonamides is 1. The van der Waals surface area contributed by atoms with Gasteiger partial charge in [0.05, 0.1) is 4.90 Å². The molecule has 0 radical (unpaired) electrons. The van der Waals surface area contributed by atoms with Gasteiger partial charge in [-0.3, -0.25) is 10.1 Å². The first kappa shape index (κ1) is 21.0. The Morgan fingerprint density at radius 2 is 1.67 bits per heavy atom. The fourth-order valence-corrected chi connectivity index (χ4v) is 3.23. The van der Waals surface area contributed by atoms with Crippen molar-refractivity contribution in [3.8, 4) is 0 Å². The monoisotopic (exact) mass is 423 g/mol. The molecule has 0 aromatic heterocycles. The number of hydrogen-bond acceptors (Lipinski definition) is 4. The van der Waals surface area contributed by atoms with Crippen LogP contribution in [0.15, 0.2) is 59.5 Å². The van der Waals surface area contributed by atoms with Gasteiger partial charge in [0.15, 0.2) is 5.11 Å². The zero-order chi connectivity index (χ0) is 20.0. The third-order valence-electron chi connectivity index (χ3n) is 3.42. The van der Waals surface area contributed by atoms with E-state index in [4.69, 9.17) is 23.8 Å². The molecule has 9 heteroatoms. The highest BCUT2D eigenvalue weighted by atomic mass is 35.5. The molecular weight excluding hydrogens is 406 g/mol. The maximum absolute atomic E-state index is 12.0. The molecule has 0 unspecified atom stereocenters. The lowest BCUT2D eigenvalue weighted by Gasteiger charge is -2.12. The van der Waals surface area contributed by atoms with Gasteiger partial charge in [0.2, 0.25) is 15.9 Å². The van der Waals surface area contributed by atoms with E-state index >= 15 is 0 Å². The Morgan fingerprint density at radius 1 is 1.07 bits per heavy atom. The maximum atomic E-state index is 12.0. The van der Waals surface area contributed by atoms with Crippen molar-refractivity contribution >= 4 is 56.6 Å². The lowest BCUT2D eigenvalue weighted by Crippen LogP contribution is -2.32. The SMILES string of the molecule is CN(C)S(=O)(=O)c1ccc(NC(=S)NC(=O)/C=C/c2ccc(Cl)cc2)cc1. The fraction of sp³-hybridized carbons (Fsp3) is 0.111. The Morgan fingerprint density at radius 3 is 2.22 bits per heavy atom. The number of carbonyl (C=O) groups is 1. The summed E-state index contributed by atoms with van der Waals surface area (Å²) in [6.45, 7) is 0. The minimum atomic E-state index is -3.49. The van der Waals surface area contributed by atoms with Crippen LogP contribution in [0.4, 0.5) is 5.69 Å². The van der Waals surface area contributed by atoms with Crippen molar-refractivity contribution in [2.24, 2.45) is 0 Å². The highest BCUT2D eigenvalue weighted by Crippen LogP contribution is 2.16. The number of halogens is 1. The van der Waals surface area contributed by atoms with E-state index in [0.29, 0.717) is 10.7 Å². The van der Waals surface area contributed by atoms with Gasteiger partial charge in [0.1, 0.15) is 0 Å². The van der Waals surface area contributed by atoms with Gasteiger partial charge in [0.25, 0.3) is 0 Å². The number of hydrogen-bond donors (Lipinski definition) is 2. The number of nitrogens with zero attached hydrogens (tertiary/aromatic N) is 1. The minimum absolute atomic E-state index is 0.101. The fourth-order valence-electron chi connectivity index (χ4n) is 1.98. The summed E-state index contributed by atoms with van der Waals surface area (Å²) in [6, 6.07) is 13.1. The molecule has 142 valence electrons. The van der Waals surface area contributed by atoms with Crippen molar-refractivity contribution in [3.63, 3.8) is 0 Å². The Bertz CT molecular complexity index is 954. The van der Waals surface area contributed by atoms with Gasteiger partial charge in [-0.1, -0.05) is 23.7 Å². The van der Waals surface area contributed by atoms with E-state index in [1.807, 2.05) is 0 Å². The van der Waals surface area contributed by atoms with Gasteiger partial charge in [-0.05, 0) is 60.3 Å². The van der Waals surface area contributed by atoms with Crippen LogP contribution in [0.3, 0.4) is 0 Å². The topological polar surface area (TPSA) is 78.5 Å². The summed E-state index contributed by atoms with van der Waals surface area (Å²) >= 11 is 10.9. The molecule has 6 nitrogen and oxygen atoms in total. The second-order valence-corrected chi connectivity index (χ2v) is 8.64. The van der Waals surface area contributed by atoms with E-state index < -0.39 is 15.9 Å². The van der Waals surface area contributed by atoms with Crippen LogP contribution in [0.2, 0.25) is 5.02 Å². The quantitative estimate of drug-likeness (QED) is 0.570. The number of rotatable bonds is 5. The summed E-state index contributed by atoms with van der Waals surface area (Å²) in [5, 5.41) is 6.06. The molecule has 2 aromatic rings. The predicted molar refractivity (Wildman–Crippen MR) is 112 cm³/mol. The van der Waals surface area contributed by atoms with E-state index in [9.17, 15) is 13.2 Å². The lowest BCUT2D eigenvalue weighted by molar-refractivity contribution is -0.115. The third-order valence-corrected chi connectivity index (χ3v) is 5.71. The third kappa shape index (κ3) is 6.14. The first-order valence-corrected chi connectivity index (χ1v) is 9.99. The average molecular weight is 424 g/mol. The summed E-state index contributed by atoms with van der Waals surface area (Å²) in [5.74, 6) is -0.394. The van der Waals surface area contributed by atoms with E-state index in [1.165, 1.54) is 32.3 Å². The molecule has 2 rings (SSSR count). The van der Waals surface area contributed by atoms with Crippen molar-refractivity contribution in [2.75, 3.05) is 19.4 Å². The zero-order valence-corrected chi connectivity index (χ0v) is 17.0. The van der Waals surface area contributed by atoms with Crippen molar-refractivity contribution in [1.29, 1.82) is 0 Å². The highest BCUT2D eigenvalue weighted by Gasteiger charge is 2.16. The standard InChI is InChI=1S/C18H18ClN3O3S2/c1-22(2)27(24,25)16-10-8-15(9-11-16)20-18(26)21-17(23)12-5-13-3-6-14(19)7-4-13/h3-12H,1-2H3,(H2,20,21,23,26)/b12-5+. The van der Waals surface area contributed by atoms with Crippen LogP contribution < -0.4 is 10.6 Å². The summed E-state index contributed by atoms with van der Waals surface area (Å²) in [6.07, 6.45) is 2.99. The number of benzene rings is 2. The van der Waals surface area contributed by atoms with Gasteiger partial charge in [-0.25, -0.2) is 12.7 Å². The first-order valence-electron chi connectivity index (χ1n) is 7.77. The van der Waals surface area contributed by atoms with Crippen LogP contribution in [0.5, 0.6) is 0 Å². The molecule has 0 aliphatic rings. The number of anilines is 1. The summed E-state index contributed by atoms with van der Waals surface area (Å²) < 4.78 is 25.2. The molecule has 0 fully saturated rings. The summed E-state index contributed by atoms with van der Waals surface area (Å²) in [7, 11) is -0.568. The minimum Gasteiger partial charge on any atom is -0.332 e. The predicted octanol–water partition coefficient (Wildman–Crippen LogP) is 3.12. The molecule has 0 aliphatic carbocycles. The zero-order valence-electron chi connectivity index (χ0n) is 14.6. The molecule has 2 N–H and O–H groups in total. The van der Waals surface area contributed by atoms with Gasteiger partial charge in [0, 0.05) is 30.9 Å². The van der Waals surface area contributed by atoms with E-state index in [-0.39, 0.29) is 10.0 Å². The molecule has 0 saturated carbocycles. The van der Waals surface area contributed by atoms with Crippen LogP contribution in [0, 0.1) is 0 Å². The Hall–Kier alpha value is -2.26. The molecule has 0 bridgehead atoms. The molecule has 0 heterocycles. The number of thiocarbonyl (C=S) groups is 1. The number of carbonyl (C=O) groups excluding carboxylic acids is 1. The van der Waals surface area contributed by atoms with E-state index in [2.05, 4.69) is 10.6 Å². The van der Waals surface area contributed by atoms with Gasteiger partial charge >= 0.3 is 0 Å². The van der Waals surface area contributed by atoms with Crippen LogP contribution in [0.1, 0.15) is 5.56 Å². The van der Waals surface area contributed by atoms with Crippen LogP contribution in [-0.2, 0) is 14.8 Å². The maximum Gasteiger partial charge on any atom is 0.250 e. The Labute approximate surface area is 168 Å². The second kappa shape index (κ2) is 9.09. The molecule has 0 atom stereocenters. The smallest absolute Gasteiger partial charge is 0.250 e. The number of nitrogens with one attached hydrogen (secondary N) is 2. The van der Waals surface area contributed by atoms with Gasteiger partial charge < -0.3 is 5.32 Å². The van der Waals surface area contributed by atoms with Crippen molar-refractivity contribution < 1.29 is 13.2 Å². The van der Waals surface area contributed by atoms with Crippen LogP contribution >= 0.6 is 23.8 Å². The first-order chi connectivity index (χ1) is 12.7. The van der Waals surface area contributed by atoms with Crippen molar-refractivity contribution in [1.82, 2.24) is 9.62 Å². The largest absolute Gasteiger partial charge is 0.332 e. The van der Waals surface area contributed by atoms with Crippen LogP contribution in [-0.4, -0.2) is 37.8 Å². The summed E-state index contributed by atoms with van der Waals surface area (Å²) in [5.41, 5.74) is 1.38. The molecule has 0 saturated heterocycles. The second-order valence-electron chi connectivity index (χ2n) is 5.64. The molecule has 1 amide bonds. The Balaban J connectivity index is 1.93. The lowest BCUT2D eigenvalue weighted by atomic mass is 10.2. The number of amides is 1. The van der Waals surface area contributed by atoms with Gasteiger partial charge in [-0.2, -0.15) is 0 Å². The van der Waals surface area contributed by atoms with Crippen molar-refractivity contribution in [3.05, 3.63) is 65.2 Å². The molecule has 2 aromatic carbocycles. The highest BCUT2D eigenvalue weighted by molar-refractivity contribution is 7.89. The molecule has 27 heavy (non-hydrogen) atoms. The van der Waals surface area contributed by atoms with E-state index in [0.717, 1.165) is 9.87 Å². The Kier molecular flexibility index (Phi) is 7.09. The van der Waals surface area contributed by atoms with Crippen LogP contribution in [0.25, 0.3) is 6.08 Å². The van der Waals surface area contributed by atoms with Crippen molar-refractivity contribution in [2.45, 2.75) is 4.90 Å². The average Bonchev–Trinajstić information content (AvgIpc) is 2.61. The molecule has 0 aliphatic heterocycles.